The largest absolute Gasteiger partial charge is 0.453 e. The molecule has 0 aliphatic rings. The van der Waals surface area contributed by atoms with Crippen LogP contribution in [0, 0.1) is 0 Å². The van der Waals surface area contributed by atoms with Crippen molar-refractivity contribution in [2.24, 2.45) is 0 Å². The Kier molecular flexibility index (Phi) is 9.74. The van der Waals surface area contributed by atoms with Gasteiger partial charge in [-0.05, 0) is 59.6 Å². The number of nitrogens with one attached hydrogen (secondary N) is 1. The molecule has 5 aromatic rings. The smallest absolute Gasteiger partial charge is 0.407 e. The summed E-state index contributed by atoms with van der Waals surface area (Å²) in [5.74, 6) is -1.13. The van der Waals surface area contributed by atoms with E-state index in [4.69, 9.17) is 10.2 Å². The molecule has 1 unspecified atom stereocenters. The van der Waals surface area contributed by atoms with Crippen molar-refractivity contribution in [2.75, 3.05) is 20.3 Å². The SMILES string of the molecule is [2H]C(CN([C@H](CO)CC([2H])([2H])c1ccccc1CC(=O)[C@@H](NC(=O)OC)C(c1ccccc1)c1ccccc1)S(=O)(=O)c1ccc2ncsc2c1)C([2H])([2H])[2H]. The van der Waals surface area contributed by atoms with Crippen LogP contribution in [0.3, 0.4) is 0 Å². The second-order valence-electron chi connectivity index (χ2n) is 11.2. The lowest BCUT2D eigenvalue weighted by Gasteiger charge is -2.30. The van der Waals surface area contributed by atoms with Crippen molar-refractivity contribution >= 4 is 43.5 Å². The molecular formula is C38H41N3O6S2. The predicted octanol–water partition coefficient (Wildman–Crippen LogP) is 6.36. The molecule has 5 rings (SSSR count). The fourth-order valence-corrected chi connectivity index (χ4v) is 8.10. The van der Waals surface area contributed by atoms with Crippen molar-refractivity contribution in [3.8, 4) is 0 Å². The maximum absolute atomic E-state index is 14.4. The lowest BCUT2D eigenvalue weighted by Crippen LogP contribution is -2.46. The first-order chi connectivity index (χ1) is 26.1. The quantitative estimate of drug-likeness (QED) is 0.122. The molecule has 3 atom stereocenters. The number of aliphatic hydroxyl groups excluding tert-OH is 1. The number of sulfonamides is 1. The van der Waals surface area contributed by atoms with Crippen LogP contribution in [-0.4, -0.2) is 67.0 Å². The Balaban J connectivity index is 1.51. The molecule has 0 saturated carbocycles. The lowest BCUT2D eigenvalue weighted by atomic mass is 9.81. The maximum atomic E-state index is 14.4. The van der Waals surface area contributed by atoms with Crippen LogP contribution in [0.2, 0.25) is 0 Å². The van der Waals surface area contributed by atoms with Gasteiger partial charge in [0.2, 0.25) is 10.0 Å². The van der Waals surface area contributed by atoms with Crippen LogP contribution in [0.1, 0.15) is 56.1 Å². The van der Waals surface area contributed by atoms with E-state index in [1.54, 1.807) is 18.2 Å². The fourth-order valence-electron chi connectivity index (χ4n) is 5.73. The zero-order valence-electron chi connectivity index (χ0n) is 32.7. The minimum atomic E-state index is -4.60. The highest BCUT2D eigenvalue weighted by atomic mass is 32.2. The summed E-state index contributed by atoms with van der Waals surface area (Å²) >= 11 is 1.19. The number of aromatic nitrogens is 1. The van der Waals surface area contributed by atoms with Crippen LogP contribution in [0.4, 0.5) is 4.79 Å². The summed E-state index contributed by atoms with van der Waals surface area (Å²) < 4.78 is 84.7. The highest BCUT2D eigenvalue weighted by molar-refractivity contribution is 7.89. The zero-order valence-corrected chi connectivity index (χ0v) is 28.4. The van der Waals surface area contributed by atoms with E-state index in [1.807, 2.05) is 60.7 Å². The van der Waals surface area contributed by atoms with E-state index in [0.29, 0.717) is 14.5 Å². The van der Waals surface area contributed by atoms with Crippen LogP contribution in [-0.2, 0) is 32.3 Å². The number of carbonyl (C=O) groups is 2. The molecule has 0 spiro atoms. The summed E-state index contributed by atoms with van der Waals surface area (Å²) in [6, 6.07) is 25.9. The number of ketones is 1. The van der Waals surface area contributed by atoms with Crippen LogP contribution >= 0.6 is 11.3 Å². The standard InChI is InChI=1S/C38H41N3O6S2/c1-3-22-41(49(45,46)32-20-21-33-35(24-32)48-26-39-33)31(25-42)19-18-27-12-10-11-17-30(27)23-34(43)37(40-38(44)47-2)36(28-13-6-4-7-14-28)29-15-8-5-9-16-29/h4-17,20-21,24,26,31,36-37,42H,3,18-19,22-23,25H2,1-2H3,(H,40,44)/t31-,37+/m0/s1/i1D3,3D,18D2/t3?,31-,37+. The molecule has 1 aromatic heterocycles. The van der Waals surface area contributed by atoms with Crippen LogP contribution in [0.15, 0.2) is 114 Å². The molecular weight excluding hydrogens is 659 g/mol. The molecule has 2 N–H and O–H groups in total. The van der Waals surface area contributed by atoms with Crippen LogP contribution in [0.25, 0.3) is 10.2 Å². The second kappa shape index (κ2) is 16.8. The third kappa shape index (κ3) is 8.60. The Hall–Kier alpha value is -4.42. The van der Waals surface area contributed by atoms with E-state index in [-0.39, 0.29) is 22.4 Å². The number of methoxy groups -OCH3 is 1. The van der Waals surface area contributed by atoms with E-state index in [2.05, 4.69) is 10.3 Å². The molecule has 1 heterocycles. The van der Waals surface area contributed by atoms with Gasteiger partial charge in [-0.25, -0.2) is 18.2 Å². The molecule has 0 bridgehead atoms. The average molecular weight is 706 g/mol. The Morgan fingerprint density at radius 1 is 0.980 bits per heavy atom. The number of Topliss-reactive ketones (excluding diaryl/α,β-unsaturated/α-hetero) is 1. The van der Waals surface area contributed by atoms with Gasteiger partial charge in [-0.3, -0.25) is 4.79 Å². The number of benzene rings is 4. The summed E-state index contributed by atoms with van der Waals surface area (Å²) in [6.45, 7) is -4.65. The van der Waals surface area contributed by atoms with Crippen molar-refractivity contribution in [1.29, 1.82) is 0 Å². The Morgan fingerprint density at radius 3 is 2.27 bits per heavy atom. The van der Waals surface area contributed by atoms with Gasteiger partial charge in [0.25, 0.3) is 0 Å². The van der Waals surface area contributed by atoms with E-state index in [9.17, 15) is 25.9 Å². The van der Waals surface area contributed by atoms with Crippen LogP contribution < -0.4 is 5.32 Å². The first-order valence-electron chi connectivity index (χ1n) is 18.6. The third-order valence-electron chi connectivity index (χ3n) is 8.17. The van der Waals surface area contributed by atoms with Gasteiger partial charge in [0.15, 0.2) is 5.78 Å². The van der Waals surface area contributed by atoms with E-state index >= 15 is 0 Å². The van der Waals surface area contributed by atoms with Crippen molar-refractivity contribution in [3.05, 3.63) is 131 Å². The number of alkyl carbamates (subject to hydrolysis) is 1. The number of aliphatic hydroxyl groups is 1. The van der Waals surface area contributed by atoms with Crippen molar-refractivity contribution in [3.63, 3.8) is 0 Å². The number of aryl methyl sites for hydroxylation is 1. The Bertz CT molecular complexity index is 2150. The molecule has 0 fully saturated rings. The minimum absolute atomic E-state index is 0.0243. The number of nitrogens with zero attached hydrogens (tertiary/aromatic N) is 2. The first kappa shape index (κ1) is 28.4. The minimum Gasteiger partial charge on any atom is -0.453 e. The molecule has 0 aliphatic carbocycles. The maximum Gasteiger partial charge on any atom is 0.407 e. The predicted molar refractivity (Wildman–Crippen MR) is 192 cm³/mol. The van der Waals surface area contributed by atoms with Gasteiger partial charge in [0, 0.05) is 33.1 Å². The Morgan fingerprint density at radius 2 is 1.63 bits per heavy atom. The number of fused-ring (bicyclic) bond motifs is 1. The van der Waals surface area contributed by atoms with Crippen molar-refractivity contribution in [1.82, 2.24) is 14.6 Å². The van der Waals surface area contributed by atoms with Gasteiger partial charge in [0.1, 0.15) is 6.04 Å². The molecule has 49 heavy (non-hydrogen) atoms. The molecule has 256 valence electrons. The Labute approximate surface area is 300 Å². The van der Waals surface area contributed by atoms with Crippen LogP contribution in [0.5, 0.6) is 0 Å². The molecule has 0 saturated heterocycles. The molecule has 4 aromatic carbocycles. The number of hydrogen-bond acceptors (Lipinski definition) is 8. The third-order valence-corrected chi connectivity index (χ3v) is 10.9. The molecule has 9 nitrogen and oxygen atoms in total. The molecule has 0 aliphatic heterocycles. The summed E-state index contributed by atoms with van der Waals surface area (Å²) in [6.07, 6.45) is -6.17. The first-order valence-corrected chi connectivity index (χ1v) is 17.8. The number of amides is 1. The highest BCUT2D eigenvalue weighted by Gasteiger charge is 2.34. The van der Waals surface area contributed by atoms with Crippen molar-refractivity contribution in [2.45, 2.75) is 55.4 Å². The van der Waals surface area contributed by atoms with Gasteiger partial charge in [-0.1, -0.05) is 91.8 Å². The number of thiazole rings is 1. The highest BCUT2D eigenvalue weighted by Crippen LogP contribution is 2.31. The fraction of sp³-hybridized carbons (Fsp3) is 0.289. The van der Waals surface area contributed by atoms with Gasteiger partial charge in [-0.2, -0.15) is 4.31 Å². The van der Waals surface area contributed by atoms with Gasteiger partial charge < -0.3 is 15.2 Å². The summed E-state index contributed by atoms with van der Waals surface area (Å²) in [4.78, 5) is 31.0. The molecule has 11 heteroatoms. The zero-order chi connectivity index (χ0) is 40.0. The number of ether oxygens (including phenoxy) is 1. The van der Waals surface area contributed by atoms with Gasteiger partial charge >= 0.3 is 6.09 Å². The lowest BCUT2D eigenvalue weighted by molar-refractivity contribution is -0.120. The normalized spacial score (nSPS) is 16.0. The molecule has 1 amide bonds. The molecule has 0 radical (unpaired) electrons. The monoisotopic (exact) mass is 705 g/mol. The van der Waals surface area contributed by atoms with E-state index in [1.165, 1.54) is 48.2 Å². The number of hydrogen-bond donors (Lipinski definition) is 2. The van der Waals surface area contributed by atoms with Crippen molar-refractivity contribution < 1.29 is 36.1 Å². The van der Waals surface area contributed by atoms with Gasteiger partial charge in [0.05, 0.1) is 34.3 Å². The van der Waals surface area contributed by atoms with E-state index < -0.39 is 79.1 Å². The number of carbonyl (C=O) groups excluding carboxylic acids is 2. The number of rotatable bonds is 16. The summed E-state index contributed by atoms with van der Waals surface area (Å²) in [5, 5.41) is 13.3. The van der Waals surface area contributed by atoms with Gasteiger partial charge in [-0.15, -0.1) is 11.3 Å². The average Bonchev–Trinajstić information content (AvgIpc) is 3.64. The second-order valence-corrected chi connectivity index (χ2v) is 14.0. The summed E-state index contributed by atoms with van der Waals surface area (Å²) in [7, 11) is -3.42. The topological polar surface area (TPSA) is 126 Å². The summed E-state index contributed by atoms with van der Waals surface area (Å²) in [5.41, 5.74) is 3.82. The van der Waals surface area contributed by atoms with E-state index in [0.717, 1.165) is 11.1 Å².